The Balaban J connectivity index is 2.12. The van der Waals surface area contributed by atoms with Crippen LogP contribution in [0.3, 0.4) is 0 Å². The Hall–Kier alpha value is -0.690. The van der Waals surface area contributed by atoms with Crippen LogP contribution in [0.2, 0.25) is 5.02 Å². The smallest absolute Gasteiger partial charge is 0.218 e. The average molecular weight is 321 g/mol. The summed E-state index contributed by atoms with van der Waals surface area (Å²) in [6.07, 6.45) is 0. The van der Waals surface area contributed by atoms with Crippen LogP contribution < -0.4 is 0 Å². The van der Waals surface area contributed by atoms with Crippen molar-refractivity contribution in [2.24, 2.45) is 0 Å². The summed E-state index contributed by atoms with van der Waals surface area (Å²) in [5.41, 5.74) is 0.0482. The van der Waals surface area contributed by atoms with Gasteiger partial charge in [0.1, 0.15) is 5.82 Å². The van der Waals surface area contributed by atoms with Gasteiger partial charge in [0.25, 0.3) is 0 Å². The molecule has 0 amide bonds. The van der Waals surface area contributed by atoms with E-state index in [1.54, 1.807) is 0 Å². The largest absolute Gasteiger partial charge is 0.301 e. The maximum absolute atomic E-state index is 13.7. The van der Waals surface area contributed by atoms with Crippen molar-refractivity contribution in [1.82, 2.24) is 9.21 Å². The summed E-state index contributed by atoms with van der Waals surface area (Å²) in [7, 11) is -3.53. The van der Waals surface area contributed by atoms with Gasteiger partial charge >= 0.3 is 0 Å². The molecule has 0 bridgehead atoms. The topological polar surface area (TPSA) is 40.6 Å². The number of hydrogen-bond acceptors (Lipinski definition) is 3. The first-order valence-corrected chi connectivity index (χ1v) is 8.56. The van der Waals surface area contributed by atoms with Crippen LogP contribution in [0.15, 0.2) is 18.2 Å². The minimum absolute atomic E-state index is 0.0482. The Labute approximate surface area is 124 Å². The molecule has 7 heteroatoms. The first-order valence-electron chi connectivity index (χ1n) is 6.57. The molecular formula is C13H18ClFN2O2S. The maximum atomic E-state index is 13.7. The van der Waals surface area contributed by atoms with Gasteiger partial charge in [-0.25, -0.2) is 12.8 Å². The lowest BCUT2D eigenvalue weighted by Gasteiger charge is -2.33. The molecule has 0 N–H and O–H groups in total. The number of piperazine rings is 1. The van der Waals surface area contributed by atoms with E-state index in [9.17, 15) is 12.8 Å². The van der Waals surface area contributed by atoms with Crippen LogP contribution in [0, 0.1) is 5.82 Å². The van der Waals surface area contributed by atoms with Crippen LogP contribution >= 0.6 is 11.6 Å². The molecule has 0 saturated carbocycles. The number of nitrogens with zero attached hydrogens (tertiary/aromatic N) is 2. The van der Waals surface area contributed by atoms with Crippen LogP contribution in [0.1, 0.15) is 12.5 Å². The summed E-state index contributed by atoms with van der Waals surface area (Å²) < 4.78 is 39.8. The first-order chi connectivity index (χ1) is 9.44. The number of sulfonamides is 1. The Kier molecular flexibility index (Phi) is 5.01. The highest BCUT2D eigenvalue weighted by atomic mass is 35.5. The molecule has 1 heterocycles. The minimum atomic E-state index is -3.53. The molecule has 1 aliphatic rings. The summed E-state index contributed by atoms with van der Waals surface area (Å²) in [4.78, 5) is 2.18. The quantitative estimate of drug-likeness (QED) is 0.851. The van der Waals surface area contributed by atoms with Crippen molar-refractivity contribution in [3.63, 3.8) is 0 Å². The van der Waals surface area contributed by atoms with Crippen molar-refractivity contribution in [2.45, 2.75) is 12.7 Å². The van der Waals surface area contributed by atoms with E-state index in [1.165, 1.54) is 22.5 Å². The molecule has 112 valence electrons. The van der Waals surface area contributed by atoms with Gasteiger partial charge in [-0.05, 0) is 18.7 Å². The second-order valence-electron chi connectivity index (χ2n) is 4.79. The SMILES string of the molecule is CCN1CCN(S(=O)(=O)Cc2c(F)cccc2Cl)CC1. The molecule has 1 aromatic rings. The van der Waals surface area contributed by atoms with E-state index in [0.717, 1.165) is 6.54 Å². The zero-order chi connectivity index (χ0) is 14.8. The number of benzene rings is 1. The van der Waals surface area contributed by atoms with Crippen LogP contribution in [0.25, 0.3) is 0 Å². The van der Waals surface area contributed by atoms with E-state index in [1.807, 2.05) is 6.92 Å². The summed E-state index contributed by atoms with van der Waals surface area (Å²) in [6, 6.07) is 4.20. The second-order valence-corrected chi connectivity index (χ2v) is 7.17. The lowest BCUT2D eigenvalue weighted by atomic mass is 10.2. The third kappa shape index (κ3) is 3.49. The van der Waals surface area contributed by atoms with Crippen molar-refractivity contribution in [3.05, 3.63) is 34.6 Å². The number of halogens is 2. The molecule has 0 unspecified atom stereocenters. The van der Waals surface area contributed by atoms with Gasteiger partial charge in [-0.3, -0.25) is 0 Å². The summed E-state index contributed by atoms with van der Waals surface area (Å²) >= 11 is 5.89. The predicted octanol–water partition coefficient (Wildman–Crippen LogP) is 1.95. The van der Waals surface area contributed by atoms with Crippen molar-refractivity contribution in [1.29, 1.82) is 0 Å². The minimum Gasteiger partial charge on any atom is -0.301 e. The fourth-order valence-corrected chi connectivity index (χ4v) is 4.14. The molecule has 0 atom stereocenters. The van der Waals surface area contributed by atoms with E-state index < -0.39 is 15.8 Å². The van der Waals surface area contributed by atoms with Crippen molar-refractivity contribution in [2.75, 3.05) is 32.7 Å². The van der Waals surface area contributed by atoms with Gasteiger partial charge in [0.05, 0.1) is 5.75 Å². The molecule has 0 aliphatic carbocycles. The predicted molar refractivity (Wildman–Crippen MR) is 77.7 cm³/mol. The molecule has 1 aliphatic heterocycles. The van der Waals surface area contributed by atoms with Gasteiger partial charge in [-0.1, -0.05) is 24.6 Å². The molecular weight excluding hydrogens is 303 g/mol. The van der Waals surface area contributed by atoms with E-state index in [-0.39, 0.29) is 16.3 Å². The summed E-state index contributed by atoms with van der Waals surface area (Å²) in [5, 5.41) is 0.153. The van der Waals surface area contributed by atoms with Crippen molar-refractivity contribution in [3.8, 4) is 0 Å². The van der Waals surface area contributed by atoms with E-state index in [4.69, 9.17) is 11.6 Å². The lowest BCUT2D eigenvalue weighted by molar-refractivity contribution is 0.196. The molecule has 0 radical (unpaired) electrons. The molecule has 4 nitrogen and oxygen atoms in total. The fourth-order valence-electron chi connectivity index (χ4n) is 2.27. The van der Waals surface area contributed by atoms with Gasteiger partial charge in [0.15, 0.2) is 0 Å². The molecule has 1 aromatic carbocycles. The fraction of sp³-hybridized carbons (Fsp3) is 0.538. The molecule has 0 aromatic heterocycles. The Morgan fingerprint density at radius 1 is 1.25 bits per heavy atom. The van der Waals surface area contributed by atoms with Gasteiger partial charge in [-0.2, -0.15) is 4.31 Å². The first kappa shape index (κ1) is 15.7. The highest BCUT2D eigenvalue weighted by molar-refractivity contribution is 7.88. The number of likely N-dealkylation sites (N-methyl/N-ethyl adjacent to an activating group) is 1. The van der Waals surface area contributed by atoms with Gasteiger partial charge in [0.2, 0.25) is 10.0 Å². The molecule has 2 rings (SSSR count). The average Bonchev–Trinajstić information content (AvgIpc) is 2.43. The van der Waals surface area contributed by atoms with Gasteiger partial charge < -0.3 is 4.90 Å². The van der Waals surface area contributed by atoms with Crippen molar-refractivity contribution < 1.29 is 12.8 Å². The van der Waals surface area contributed by atoms with E-state index in [2.05, 4.69) is 4.90 Å². The number of hydrogen-bond donors (Lipinski definition) is 0. The van der Waals surface area contributed by atoms with E-state index >= 15 is 0 Å². The third-order valence-electron chi connectivity index (χ3n) is 3.56. The summed E-state index contributed by atoms with van der Waals surface area (Å²) in [6.45, 7) is 5.27. The van der Waals surface area contributed by atoms with Crippen LogP contribution in [0.4, 0.5) is 4.39 Å². The standard InChI is InChI=1S/C13H18ClFN2O2S/c1-2-16-6-8-17(9-7-16)20(18,19)10-11-12(14)4-3-5-13(11)15/h3-5H,2,6-10H2,1H3. The normalized spacial score (nSPS) is 18.4. The second kappa shape index (κ2) is 6.39. The van der Waals surface area contributed by atoms with E-state index in [0.29, 0.717) is 26.2 Å². The van der Waals surface area contributed by atoms with Crippen LogP contribution in [0.5, 0.6) is 0 Å². The Bertz CT molecular complexity index is 551. The zero-order valence-electron chi connectivity index (χ0n) is 11.3. The molecule has 0 spiro atoms. The highest BCUT2D eigenvalue weighted by Crippen LogP contribution is 2.23. The maximum Gasteiger partial charge on any atom is 0.218 e. The Morgan fingerprint density at radius 3 is 2.45 bits per heavy atom. The molecule has 1 fully saturated rings. The Morgan fingerprint density at radius 2 is 1.90 bits per heavy atom. The van der Waals surface area contributed by atoms with Crippen LogP contribution in [-0.4, -0.2) is 50.3 Å². The molecule has 1 saturated heterocycles. The van der Waals surface area contributed by atoms with Crippen molar-refractivity contribution >= 4 is 21.6 Å². The third-order valence-corrected chi connectivity index (χ3v) is 5.72. The highest BCUT2D eigenvalue weighted by Gasteiger charge is 2.28. The molecule has 20 heavy (non-hydrogen) atoms. The summed E-state index contributed by atoms with van der Waals surface area (Å²) in [5.74, 6) is -0.960. The number of rotatable bonds is 4. The van der Waals surface area contributed by atoms with Crippen LogP contribution in [-0.2, 0) is 15.8 Å². The zero-order valence-corrected chi connectivity index (χ0v) is 12.9. The monoisotopic (exact) mass is 320 g/mol. The van der Waals surface area contributed by atoms with Gasteiger partial charge in [-0.15, -0.1) is 0 Å². The van der Waals surface area contributed by atoms with Gasteiger partial charge in [0, 0.05) is 36.8 Å². The lowest BCUT2D eigenvalue weighted by Crippen LogP contribution is -2.48.